The van der Waals surface area contributed by atoms with Crippen LogP contribution in [0.3, 0.4) is 0 Å². The molecule has 0 aliphatic carbocycles. The van der Waals surface area contributed by atoms with Gasteiger partial charge in [-0.1, -0.05) is 0 Å². The smallest absolute Gasteiger partial charge is 0.291 e. The van der Waals surface area contributed by atoms with E-state index in [1.165, 1.54) is 6.07 Å². The van der Waals surface area contributed by atoms with Gasteiger partial charge in [0, 0.05) is 0 Å². The molecule has 0 saturated carbocycles. The van der Waals surface area contributed by atoms with Crippen molar-refractivity contribution >= 4 is 5.78 Å². The van der Waals surface area contributed by atoms with Crippen LogP contribution in [0.2, 0.25) is 0 Å². The number of hydrogen-bond acceptors (Lipinski definition) is 2. The molecule has 1 rings (SSSR count). The summed E-state index contributed by atoms with van der Waals surface area (Å²) in [7, 11) is 0. The Morgan fingerprint density at radius 2 is 1.65 bits per heavy atom. The van der Waals surface area contributed by atoms with Gasteiger partial charge in [0.05, 0.1) is 6.07 Å². The third kappa shape index (κ3) is 2.58. The molecule has 90 valence electrons. The maximum Gasteiger partial charge on any atom is 0.297 e. The van der Waals surface area contributed by atoms with E-state index in [0.29, 0.717) is 12.1 Å². The number of rotatable bonds is 3. The monoisotopic (exact) mass is 249 g/mol. The van der Waals surface area contributed by atoms with E-state index in [1.807, 2.05) is 0 Å². The van der Waals surface area contributed by atoms with E-state index in [1.54, 1.807) is 0 Å². The first-order valence-corrected chi connectivity index (χ1v) is 4.24. The minimum atomic E-state index is -3.45. The molecule has 0 radical (unpaired) electrons. The van der Waals surface area contributed by atoms with Crippen molar-refractivity contribution < 1.29 is 26.7 Å². The van der Waals surface area contributed by atoms with E-state index < -0.39 is 41.1 Å². The minimum absolute atomic E-state index is 0.340. The SMILES string of the molecule is N#CC(C(=O)C(F)F)c1cc(F)c(F)c(F)c1. The molecule has 0 bridgehead atoms. The van der Waals surface area contributed by atoms with E-state index in [2.05, 4.69) is 0 Å². The molecule has 7 heteroatoms. The lowest BCUT2D eigenvalue weighted by atomic mass is 9.96. The average Bonchev–Trinajstić information content (AvgIpc) is 2.26. The van der Waals surface area contributed by atoms with Crippen LogP contribution in [0.25, 0.3) is 0 Å². The molecule has 0 spiro atoms. The lowest BCUT2D eigenvalue weighted by Crippen LogP contribution is -2.19. The number of nitrogens with zero attached hydrogens (tertiary/aromatic N) is 1. The lowest BCUT2D eigenvalue weighted by molar-refractivity contribution is -0.129. The number of benzene rings is 1. The van der Waals surface area contributed by atoms with Gasteiger partial charge in [0.15, 0.2) is 17.5 Å². The van der Waals surface area contributed by atoms with Crippen LogP contribution in [0.4, 0.5) is 22.0 Å². The van der Waals surface area contributed by atoms with Crippen LogP contribution in [0, 0.1) is 28.8 Å². The van der Waals surface area contributed by atoms with E-state index >= 15 is 0 Å². The fourth-order valence-corrected chi connectivity index (χ4v) is 1.17. The summed E-state index contributed by atoms with van der Waals surface area (Å²) in [6.07, 6.45) is -3.45. The average molecular weight is 249 g/mol. The van der Waals surface area contributed by atoms with Crippen molar-refractivity contribution in [1.29, 1.82) is 5.26 Å². The summed E-state index contributed by atoms with van der Waals surface area (Å²) in [5.41, 5.74) is -0.644. The van der Waals surface area contributed by atoms with Crippen LogP contribution in [0.15, 0.2) is 12.1 Å². The maximum absolute atomic E-state index is 12.8. The topological polar surface area (TPSA) is 40.9 Å². The van der Waals surface area contributed by atoms with Crippen LogP contribution < -0.4 is 0 Å². The maximum atomic E-state index is 12.8. The van der Waals surface area contributed by atoms with Gasteiger partial charge < -0.3 is 0 Å². The Balaban J connectivity index is 3.24. The molecule has 0 saturated heterocycles. The number of halogens is 5. The Morgan fingerprint density at radius 1 is 1.18 bits per heavy atom. The molecule has 1 aromatic carbocycles. The number of nitriles is 1. The Morgan fingerprint density at radius 3 is 2.00 bits per heavy atom. The van der Waals surface area contributed by atoms with Crippen LogP contribution in [0.5, 0.6) is 0 Å². The molecule has 0 heterocycles. The summed E-state index contributed by atoms with van der Waals surface area (Å²) >= 11 is 0. The highest BCUT2D eigenvalue weighted by Gasteiger charge is 2.29. The van der Waals surface area contributed by atoms with Crippen molar-refractivity contribution in [2.45, 2.75) is 12.3 Å². The van der Waals surface area contributed by atoms with Crippen LogP contribution >= 0.6 is 0 Å². The van der Waals surface area contributed by atoms with Crippen molar-refractivity contribution in [1.82, 2.24) is 0 Å². The Bertz CT molecular complexity index is 471. The van der Waals surface area contributed by atoms with Gasteiger partial charge in [0.1, 0.15) is 5.92 Å². The number of Topliss-reactive ketones (excluding diaryl/α,β-unsaturated/α-hetero) is 1. The van der Waals surface area contributed by atoms with Gasteiger partial charge in [-0.25, -0.2) is 22.0 Å². The normalized spacial score (nSPS) is 12.3. The molecule has 2 nitrogen and oxygen atoms in total. The van der Waals surface area contributed by atoms with Crippen LogP contribution in [0.1, 0.15) is 11.5 Å². The molecule has 1 atom stereocenters. The van der Waals surface area contributed by atoms with Crippen LogP contribution in [-0.4, -0.2) is 12.2 Å². The van der Waals surface area contributed by atoms with Crippen molar-refractivity contribution in [3.63, 3.8) is 0 Å². The molecule has 0 N–H and O–H groups in total. The van der Waals surface area contributed by atoms with Gasteiger partial charge in [-0.15, -0.1) is 0 Å². The third-order valence-electron chi connectivity index (χ3n) is 1.97. The molecule has 1 unspecified atom stereocenters. The van der Waals surface area contributed by atoms with E-state index in [0.717, 1.165) is 0 Å². The predicted octanol–water partition coefficient (Wildman–Crippen LogP) is 2.55. The molecular formula is C10H4F5NO. The molecule has 0 aromatic heterocycles. The van der Waals surface area contributed by atoms with Crippen molar-refractivity contribution in [2.24, 2.45) is 0 Å². The Kier molecular flexibility index (Phi) is 3.78. The first-order valence-electron chi connectivity index (χ1n) is 4.24. The highest BCUT2D eigenvalue weighted by Crippen LogP contribution is 2.23. The predicted molar refractivity (Wildman–Crippen MR) is 45.7 cm³/mol. The second-order valence-corrected chi connectivity index (χ2v) is 3.06. The molecule has 0 fully saturated rings. The van der Waals surface area contributed by atoms with Gasteiger partial charge in [0.25, 0.3) is 6.43 Å². The second-order valence-electron chi connectivity index (χ2n) is 3.06. The van der Waals surface area contributed by atoms with Crippen LogP contribution in [-0.2, 0) is 4.79 Å². The Labute approximate surface area is 92.3 Å². The molecule has 0 amide bonds. The summed E-state index contributed by atoms with van der Waals surface area (Å²) in [4.78, 5) is 10.9. The van der Waals surface area contributed by atoms with Crippen molar-refractivity contribution in [3.05, 3.63) is 35.1 Å². The quantitative estimate of drug-likeness (QED) is 0.610. The molecule has 0 aliphatic heterocycles. The number of alkyl halides is 2. The first kappa shape index (κ1) is 13.1. The fourth-order valence-electron chi connectivity index (χ4n) is 1.17. The summed E-state index contributed by atoms with van der Waals surface area (Å²) in [5.74, 6) is -8.92. The summed E-state index contributed by atoms with van der Waals surface area (Å²) in [6.45, 7) is 0. The fraction of sp³-hybridized carbons (Fsp3) is 0.200. The Hall–Kier alpha value is -1.97. The highest BCUT2D eigenvalue weighted by atomic mass is 19.3. The third-order valence-corrected chi connectivity index (χ3v) is 1.97. The number of hydrogen-bond donors (Lipinski definition) is 0. The lowest BCUT2D eigenvalue weighted by Gasteiger charge is -2.08. The minimum Gasteiger partial charge on any atom is -0.291 e. The number of carbonyl (C=O) groups is 1. The number of ketones is 1. The second kappa shape index (κ2) is 4.91. The van der Waals surface area contributed by atoms with E-state index in [9.17, 15) is 26.7 Å². The summed E-state index contributed by atoms with van der Waals surface area (Å²) in [5, 5.41) is 8.51. The van der Waals surface area contributed by atoms with Gasteiger partial charge in [-0.3, -0.25) is 4.79 Å². The zero-order valence-corrected chi connectivity index (χ0v) is 8.05. The van der Waals surface area contributed by atoms with E-state index in [4.69, 9.17) is 5.26 Å². The molecule has 17 heavy (non-hydrogen) atoms. The standard InChI is InChI=1S/C10H4F5NO/c11-6-1-4(2-7(12)8(6)13)5(3-16)9(17)10(14)15/h1-2,5,10H. The number of carbonyl (C=O) groups excluding carboxylic acids is 1. The van der Waals surface area contributed by atoms with Gasteiger partial charge >= 0.3 is 0 Å². The summed E-state index contributed by atoms with van der Waals surface area (Å²) in [6, 6.07) is 1.87. The van der Waals surface area contributed by atoms with Gasteiger partial charge in [-0.2, -0.15) is 5.26 Å². The van der Waals surface area contributed by atoms with Gasteiger partial charge in [0.2, 0.25) is 5.78 Å². The molecular weight excluding hydrogens is 245 g/mol. The zero-order valence-electron chi connectivity index (χ0n) is 8.05. The zero-order chi connectivity index (χ0) is 13.2. The largest absolute Gasteiger partial charge is 0.297 e. The molecule has 0 aliphatic rings. The van der Waals surface area contributed by atoms with Crippen molar-refractivity contribution in [2.75, 3.05) is 0 Å². The summed E-state index contributed by atoms with van der Waals surface area (Å²) < 4.78 is 62.3. The highest BCUT2D eigenvalue weighted by molar-refractivity contribution is 5.90. The van der Waals surface area contributed by atoms with Crippen molar-refractivity contribution in [3.8, 4) is 6.07 Å². The molecule has 1 aromatic rings. The van der Waals surface area contributed by atoms with E-state index in [-0.39, 0.29) is 0 Å². The first-order chi connectivity index (χ1) is 7.88. The van der Waals surface area contributed by atoms with Gasteiger partial charge in [-0.05, 0) is 17.7 Å².